The van der Waals surface area contributed by atoms with Gasteiger partial charge < -0.3 is 4.74 Å². The van der Waals surface area contributed by atoms with E-state index in [-0.39, 0.29) is 5.91 Å². The molecule has 0 bridgehead atoms. The molecule has 0 spiro atoms. The van der Waals surface area contributed by atoms with Gasteiger partial charge in [-0.15, -0.1) is 0 Å². The first-order valence-electron chi connectivity index (χ1n) is 8.09. The van der Waals surface area contributed by atoms with Crippen molar-refractivity contribution < 1.29 is 9.53 Å². The van der Waals surface area contributed by atoms with Crippen LogP contribution in [0.15, 0.2) is 54.6 Å². The first-order valence-corrected chi connectivity index (χ1v) is 8.09. The number of aryl methyl sites for hydroxylation is 1. The number of aromatic nitrogens is 2. The van der Waals surface area contributed by atoms with Gasteiger partial charge in [-0.2, -0.15) is 0 Å². The topological polar surface area (TPSA) is 44.1 Å². The van der Waals surface area contributed by atoms with Crippen LogP contribution in [0.5, 0.6) is 5.75 Å². The van der Waals surface area contributed by atoms with E-state index >= 15 is 0 Å². The Morgan fingerprint density at radius 3 is 2.75 bits per heavy atom. The van der Waals surface area contributed by atoms with Crippen LogP contribution in [0.2, 0.25) is 0 Å². The van der Waals surface area contributed by atoms with Crippen LogP contribution in [0.1, 0.15) is 29.5 Å². The maximum Gasteiger partial charge on any atom is 0.256 e. The molecule has 0 aliphatic heterocycles. The molecule has 3 rings (SSSR count). The number of ether oxygens (including phenoxy) is 1. The summed E-state index contributed by atoms with van der Waals surface area (Å²) in [6, 6.07) is 15.3. The van der Waals surface area contributed by atoms with Crippen molar-refractivity contribution in [1.82, 2.24) is 9.55 Å². The largest absolute Gasteiger partial charge is 0.493 e. The summed E-state index contributed by atoms with van der Waals surface area (Å²) < 4.78 is 7.35. The molecule has 0 saturated carbocycles. The Balaban J connectivity index is 1.89. The second-order valence-corrected chi connectivity index (χ2v) is 5.54. The van der Waals surface area contributed by atoms with E-state index in [4.69, 9.17) is 4.74 Å². The van der Waals surface area contributed by atoms with Crippen LogP contribution in [0.25, 0.3) is 17.1 Å². The third kappa shape index (κ3) is 3.23. The van der Waals surface area contributed by atoms with Gasteiger partial charge in [-0.05, 0) is 37.6 Å². The third-order valence-electron chi connectivity index (χ3n) is 3.74. The van der Waals surface area contributed by atoms with Gasteiger partial charge in [0, 0.05) is 11.6 Å². The van der Waals surface area contributed by atoms with Gasteiger partial charge in [-0.1, -0.05) is 37.3 Å². The Kier molecular flexibility index (Phi) is 4.75. The highest BCUT2D eigenvalue weighted by molar-refractivity contribution is 6.00. The molecule has 0 fully saturated rings. The number of carbonyl (C=O) groups is 1. The van der Waals surface area contributed by atoms with Crippen LogP contribution in [-0.2, 0) is 0 Å². The lowest BCUT2D eigenvalue weighted by Gasteiger charge is -2.07. The molecule has 0 aliphatic rings. The summed E-state index contributed by atoms with van der Waals surface area (Å²) >= 11 is 0. The Hall–Kier alpha value is -2.88. The average molecular weight is 320 g/mol. The maximum atomic E-state index is 12.6. The zero-order valence-corrected chi connectivity index (χ0v) is 13.9. The molecule has 24 heavy (non-hydrogen) atoms. The van der Waals surface area contributed by atoms with E-state index in [9.17, 15) is 4.79 Å². The second kappa shape index (κ2) is 7.13. The second-order valence-electron chi connectivity index (χ2n) is 5.54. The minimum Gasteiger partial charge on any atom is -0.493 e. The van der Waals surface area contributed by atoms with Gasteiger partial charge in [0.2, 0.25) is 0 Å². The lowest BCUT2D eigenvalue weighted by Crippen LogP contribution is -2.09. The molecule has 0 atom stereocenters. The quantitative estimate of drug-likeness (QED) is 0.651. The molecule has 122 valence electrons. The number of hydrogen-bond acceptors (Lipinski definition) is 3. The summed E-state index contributed by atoms with van der Waals surface area (Å²) in [5.41, 5.74) is 2.53. The smallest absolute Gasteiger partial charge is 0.256 e. The summed E-state index contributed by atoms with van der Waals surface area (Å²) in [6.45, 7) is 4.56. The fraction of sp³-hybridized carbons (Fsp3) is 0.200. The molecular weight excluding hydrogens is 300 g/mol. The lowest BCUT2D eigenvalue weighted by molar-refractivity contribution is 0.0972. The summed E-state index contributed by atoms with van der Waals surface area (Å²) in [4.78, 5) is 17.1. The van der Waals surface area contributed by atoms with Gasteiger partial charge in [-0.25, -0.2) is 4.98 Å². The molecule has 4 nitrogen and oxygen atoms in total. The first-order chi connectivity index (χ1) is 11.7. The van der Waals surface area contributed by atoms with E-state index in [2.05, 4.69) is 11.9 Å². The van der Waals surface area contributed by atoms with Crippen molar-refractivity contribution in [1.29, 1.82) is 0 Å². The highest BCUT2D eigenvalue weighted by atomic mass is 16.5. The lowest BCUT2D eigenvalue weighted by atomic mass is 10.2. The van der Waals surface area contributed by atoms with Crippen LogP contribution in [-0.4, -0.2) is 22.1 Å². The summed E-state index contributed by atoms with van der Waals surface area (Å²) in [5.74, 6) is 1.35. The minimum absolute atomic E-state index is 0.119. The molecule has 1 heterocycles. The van der Waals surface area contributed by atoms with Crippen LogP contribution >= 0.6 is 0 Å². The van der Waals surface area contributed by atoms with Crippen molar-refractivity contribution in [3.05, 3.63) is 66.0 Å². The molecule has 0 saturated heterocycles. The van der Waals surface area contributed by atoms with Crippen molar-refractivity contribution in [2.75, 3.05) is 6.61 Å². The maximum absolute atomic E-state index is 12.6. The molecule has 0 radical (unpaired) electrons. The van der Waals surface area contributed by atoms with Crippen molar-refractivity contribution >= 4 is 23.0 Å². The highest BCUT2D eigenvalue weighted by Crippen LogP contribution is 2.20. The number of imidazole rings is 1. The van der Waals surface area contributed by atoms with E-state index < -0.39 is 0 Å². The summed E-state index contributed by atoms with van der Waals surface area (Å²) in [7, 11) is 0. The Morgan fingerprint density at radius 1 is 1.17 bits per heavy atom. The van der Waals surface area contributed by atoms with Crippen molar-refractivity contribution in [3.63, 3.8) is 0 Å². The number of rotatable bonds is 5. The molecule has 0 N–H and O–H groups in total. The van der Waals surface area contributed by atoms with Crippen LogP contribution < -0.4 is 4.74 Å². The van der Waals surface area contributed by atoms with Gasteiger partial charge in [0.05, 0.1) is 17.6 Å². The predicted molar refractivity (Wildman–Crippen MR) is 96.4 cm³/mol. The normalized spacial score (nSPS) is 11.2. The molecule has 3 aromatic rings. The zero-order chi connectivity index (χ0) is 16.9. The molecule has 0 unspecified atom stereocenters. The van der Waals surface area contributed by atoms with E-state index in [0.29, 0.717) is 12.4 Å². The van der Waals surface area contributed by atoms with Crippen molar-refractivity contribution in [2.45, 2.75) is 20.3 Å². The van der Waals surface area contributed by atoms with Crippen molar-refractivity contribution in [3.8, 4) is 5.75 Å². The number of carbonyl (C=O) groups excluding carboxylic acids is 1. The standard InChI is InChI=1S/C20H20N2O2/c1-3-14-24-19-11-7-4-8-16(19)12-13-20(23)22-15(2)21-17-9-5-6-10-18(17)22/h4-13H,3,14H2,1-2H3/b13-12+. The third-order valence-corrected chi connectivity index (χ3v) is 3.74. The van der Waals surface area contributed by atoms with Crippen LogP contribution in [0.4, 0.5) is 0 Å². The number of para-hydroxylation sites is 3. The summed E-state index contributed by atoms with van der Waals surface area (Å²) in [5, 5.41) is 0. The molecule has 2 aromatic carbocycles. The van der Waals surface area contributed by atoms with Crippen LogP contribution in [0, 0.1) is 6.92 Å². The van der Waals surface area contributed by atoms with Crippen LogP contribution in [0.3, 0.4) is 0 Å². The number of benzene rings is 2. The number of allylic oxidation sites excluding steroid dienone is 1. The SMILES string of the molecule is CCCOc1ccccc1/C=C/C(=O)n1c(C)nc2ccccc21. The average Bonchev–Trinajstić information content (AvgIpc) is 2.94. The molecule has 0 aliphatic carbocycles. The fourth-order valence-electron chi connectivity index (χ4n) is 2.62. The van der Waals surface area contributed by atoms with E-state index in [1.165, 1.54) is 0 Å². The number of nitrogens with zero attached hydrogens (tertiary/aromatic N) is 2. The molecule has 4 heteroatoms. The summed E-state index contributed by atoms with van der Waals surface area (Å²) in [6.07, 6.45) is 4.30. The van der Waals surface area contributed by atoms with E-state index in [0.717, 1.165) is 28.8 Å². The number of fused-ring (bicyclic) bond motifs is 1. The predicted octanol–water partition coefficient (Wildman–Crippen LogP) is 4.49. The van der Waals surface area contributed by atoms with Gasteiger partial charge >= 0.3 is 0 Å². The Morgan fingerprint density at radius 2 is 1.92 bits per heavy atom. The van der Waals surface area contributed by atoms with Gasteiger partial charge in [0.25, 0.3) is 5.91 Å². The van der Waals surface area contributed by atoms with Gasteiger partial charge in [0.1, 0.15) is 11.6 Å². The van der Waals surface area contributed by atoms with E-state index in [1.807, 2.05) is 55.5 Å². The van der Waals surface area contributed by atoms with Crippen molar-refractivity contribution in [2.24, 2.45) is 0 Å². The molecule has 1 aromatic heterocycles. The first kappa shape index (κ1) is 16.0. The monoisotopic (exact) mass is 320 g/mol. The van der Waals surface area contributed by atoms with Gasteiger partial charge in [0.15, 0.2) is 0 Å². The molecular formula is C20H20N2O2. The zero-order valence-electron chi connectivity index (χ0n) is 13.9. The minimum atomic E-state index is -0.119. The van der Waals surface area contributed by atoms with Gasteiger partial charge in [-0.3, -0.25) is 9.36 Å². The fourth-order valence-corrected chi connectivity index (χ4v) is 2.62. The van der Waals surface area contributed by atoms with E-state index in [1.54, 1.807) is 16.7 Å². The highest BCUT2D eigenvalue weighted by Gasteiger charge is 2.11. The Bertz CT molecular complexity index is 894. The number of hydrogen-bond donors (Lipinski definition) is 0. The molecule has 0 amide bonds. The Labute approximate surface area is 141 Å².